The van der Waals surface area contributed by atoms with E-state index in [9.17, 15) is 0 Å². The van der Waals surface area contributed by atoms with E-state index in [1.165, 1.54) is 5.56 Å². The fraction of sp³-hybridized carbons (Fsp3) is 0.188. The Labute approximate surface area is 112 Å². The molecule has 0 amide bonds. The van der Waals surface area contributed by atoms with Gasteiger partial charge < -0.3 is 0 Å². The summed E-state index contributed by atoms with van der Waals surface area (Å²) in [6.45, 7) is 4.16. The van der Waals surface area contributed by atoms with Crippen LogP contribution in [0.25, 0.3) is 22.4 Å². The van der Waals surface area contributed by atoms with Crippen molar-refractivity contribution in [2.24, 2.45) is 0 Å². The van der Waals surface area contributed by atoms with Gasteiger partial charge in [0.05, 0.1) is 22.4 Å². The Morgan fingerprint density at radius 3 is 2.63 bits per heavy atom. The van der Waals surface area contributed by atoms with Crippen LogP contribution in [0.2, 0.25) is 0 Å². The SMILES string of the molecule is CCc1nc2ccc(C)cc2nc1-c1ccccn1. The minimum Gasteiger partial charge on any atom is -0.255 e. The first kappa shape index (κ1) is 11.8. The first-order valence-corrected chi connectivity index (χ1v) is 6.46. The number of nitrogens with zero attached hydrogens (tertiary/aromatic N) is 3. The van der Waals surface area contributed by atoms with Crippen LogP contribution in [0.1, 0.15) is 18.2 Å². The van der Waals surface area contributed by atoms with Gasteiger partial charge in [0.25, 0.3) is 0 Å². The zero-order valence-corrected chi connectivity index (χ0v) is 11.1. The van der Waals surface area contributed by atoms with Crippen LogP contribution in [0.3, 0.4) is 0 Å². The Kier molecular flexibility index (Phi) is 2.95. The van der Waals surface area contributed by atoms with E-state index in [-0.39, 0.29) is 0 Å². The van der Waals surface area contributed by atoms with Crippen molar-refractivity contribution in [2.75, 3.05) is 0 Å². The predicted molar refractivity (Wildman–Crippen MR) is 76.9 cm³/mol. The largest absolute Gasteiger partial charge is 0.255 e. The monoisotopic (exact) mass is 249 g/mol. The summed E-state index contributed by atoms with van der Waals surface area (Å²) in [5, 5.41) is 0. The van der Waals surface area contributed by atoms with Crippen molar-refractivity contribution in [1.29, 1.82) is 0 Å². The summed E-state index contributed by atoms with van der Waals surface area (Å²) in [6, 6.07) is 12.0. The Morgan fingerprint density at radius 2 is 1.89 bits per heavy atom. The van der Waals surface area contributed by atoms with E-state index in [0.29, 0.717) is 0 Å². The second-order valence-electron chi connectivity index (χ2n) is 4.58. The van der Waals surface area contributed by atoms with Crippen LogP contribution in [0.5, 0.6) is 0 Å². The van der Waals surface area contributed by atoms with Crippen molar-refractivity contribution >= 4 is 11.0 Å². The molecule has 94 valence electrons. The smallest absolute Gasteiger partial charge is 0.111 e. The molecule has 0 radical (unpaired) electrons. The molecule has 0 spiro atoms. The first-order valence-electron chi connectivity index (χ1n) is 6.46. The lowest BCUT2D eigenvalue weighted by Gasteiger charge is -2.08. The molecule has 3 nitrogen and oxygen atoms in total. The van der Waals surface area contributed by atoms with Crippen molar-refractivity contribution in [3.63, 3.8) is 0 Å². The Hall–Kier alpha value is -2.29. The van der Waals surface area contributed by atoms with E-state index in [2.05, 4.69) is 31.0 Å². The van der Waals surface area contributed by atoms with Gasteiger partial charge in [0.1, 0.15) is 5.69 Å². The lowest BCUT2D eigenvalue weighted by Crippen LogP contribution is -1.99. The highest BCUT2D eigenvalue weighted by Crippen LogP contribution is 2.22. The van der Waals surface area contributed by atoms with E-state index in [4.69, 9.17) is 9.97 Å². The van der Waals surface area contributed by atoms with Crippen LogP contribution in [0.4, 0.5) is 0 Å². The summed E-state index contributed by atoms with van der Waals surface area (Å²) in [5.74, 6) is 0. The molecular formula is C16H15N3. The van der Waals surface area contributed by atoms with Crippen molar-refractivity contribution in [3.8, 4) is 11.4 Å². The number of hydrogen-bond acceptors (Lipinski definition) is 3. The summed E-state index contributed by atoms with van der Waals surface area (Å²) in [5.41, 5.74) is 5.84. The summed E-state index contributed by atoms with van der Waals surface area (Å²) in [6.07, 6.45) is 2.64. The van der Waals surface area contributed by atoms with E-state index in [0.717, 1.165) is 34.5 Å². The number of fused-ring (bicyclic) bond motifs is 1. The van der Waals surface area contributed by atoms with Crippen LogP contribution in [-0.4, -0.2) is 15.0 Å². The maximum atomic E-state index is 4.75. The zero-order valence-electron chi connectivity index (χ0n) is 11.1. The quantitative estimate of drug-likeness (QED) is 0.697. The molecule has 0 aliphatic carbocycles. The van der Waals surface area contributed by atoms with Crippen molar-refractivity contribution in [1.82, 2.24) is 15.0 Å². The van der Waals surface area contributed by atoms with Crippen molar-refractivity contribution in [3.05, 3.63) is 53.9 Å². The summed E-state index contributed by atoms with van der Waals surface area (Å²) in [7, 11) is 0. The number of aryl methyl sites for hydroxylation is 2. The highest BCUT2D eigenvalue weighted by molar-refractivity contribution is 5.78. The molecule has 0 fully saturated rings. The minimum absolute atomic E-state index is 0.850. The lowest BCUT2D eigenvalue weighted by atomic mass is 10.1. The van der Waals surface area contributed by atoms with Gasteiger partial charge in [0.2, 0.25) is 0 Å². The predicted octanol–water partition coefficient (Wildman–Crippen LogP) is 3.56. The average Bonchev–Trinajstić information content (AvgIpc) is 2.46. The molecule has 0 aliphatic heterocycles. The van der Waals surface area contributed by atoms with Crippen LogP contribution in [0, 0.1) is 6.92 Å². The summed E-state index contributed by atoms with van der Waals surface area (Å²) in [4.78, 5) is 13.8. The molecule has 2 heterocycles. The van der Waals surface area contributed by atoms with Gasteiger partial charge in [-0.25, -0.2) is 9.97 Å². The van der Waals surface area contributed by atoms with Gasteiger partial charge in [-0.2, -0.15) is 0 Å². The molecule has 0 N–H and O–H groups in total. The van der Waals surface area contributed by atoms with Gasteiger partial charge in [-0.15, -0.1) is 0 Å². The van der Waals surface area contributed by atoms with Crippen molar-refractivity contribution < 1.29 is 0 Å². The standard InChI is InChI=1S/C16H15N3/c1-3-12-16(14-6-4-5-9-17-14)19-15-10-11(2)7-8-13(15)18-12/h4-10H,3H2,1-2H3. The topological polar surface area (TPSA) is 38.7 Å². The minimum atomic E-state index is 0.850. The van der Waals surface area contributed by atoms with Gasteiger partial charge in [0.15, 0.2) is 0 Å². The Morgan fingerprint density at radius 1 is 1.00 bits per heavy atom. The number of hydrogen-bond donors (Lipinski definition) is 0. The van der Waals surface area contributed by atoms with E-state index < -0.39 is 0 Å². The molecule has 3 aromatic rings. The van der Waals surface area contributed by atoms with Gasteiger partial charge in [-0.3, -0.25) is 4.98 Å². The van der Waals surface area contributed by atoms with E-state index in [1.807, 2.05) is 24.3 Å². The fourth-order valence-corrected chi connectivity index (χ4v) is 2.16. The molecule has 0 unspecified atom stereocenters. The second-order valence-corrected chi connectivity index (χ2v) is 4.58. The lowest BCUT2D eigenvalue weighted by molar-refractivity contribution is 1.03. The fourth-order valence-electron chi connectivity index (χ4n) is 2.16. The highest BCUT2D eigenvalue weighted by Gasteiger charge is 2.10. The number of pyridine rings is 1. The van der Waals surface area contributed by atoms with Gasteiger partial charge in [0, 0.05) is 6.20 Å². The molecule has 3 heteroatoms. The molecule has 0 bridgehead atoms. The molecule has 0 aliphatic rings. The number of benzene rings is 1. The molecule has 19 heavy (non-hydrogen) atoms. The maximum Gasteiger partial charge on any atom is 0.111 e. The number of aromatic nitrogens is 3. The zero-order chi connectivity index (χ0) is 13.2. The van der Waals surface area contributed by atoms with Crippen LogP contribution >= 0.6 is 0 Å². The van der Waals surface area contributed by atoms with E-state index >= 15 is 0 Å². The molecular weight excluding hydrogens is 234 g/mol. The molecule has 0 saturated carbocycles. The molecule has 0 saturated heterocycles. The van der Waals surface area contributed by atoms with E-state index in [1.54, 1.807) is 6.20 Å². The third-order valence-electron chi connectivity index (χ3n) is 3.13. The third kappa shape index (κ3) is 2.19. The normalized spacial score (nSPS) is 10.8. The van der Waals surface area contributed by atoms with Gasteiger partial charge >= 0.3 is 0 Å². The second kappa shape index (κ2) is 4.76. The van der Waals surface area contributed by atoms with Crippen LogP contribution in [0.15, 0.2) is 42.6 Å². The Balaban J connectivity index is 2.28. The number of rotatable bonds is 2. The molecule has 2 aromatic heterocycles. The summed E-state index contributed by atoms with van der Waals surface area (Å²) >= 11 is 0. The highest BCUT2D eigenvalue weighted by atomic mass is 14.9. The molecule has 3 rings (SSSR count). The van der Waals surface area contributed by atoms with Gasteiger partial charge in [-0.1, -0.05) is 19.1 Å². The van der Waals surface area contributed by atoms with Crippen molar-refractivity contribution in [2.45, 2.75) is 20.3 Å². The van der Waals surface area contributed by atoms with Crippen LogP contribution < -0.4 is 0 Å². The molecule has 1 aromatic carbocycles. The average molecular weight is 249 g/mol. The maximum absolute atomic E-state index is 4.75. The Bertz CT molecular complexity index is 721. The first-order chi connectivity index (χ1) is 9.28. The molecule has 0 atom stereocenters. The van der Waals surface area contributed by atoms with Crippen LogP contribution in [-0.2, 0) is 6.42 Å². The summed E-state index contributed by atoms with van der Waals surface area (Å²) < 4.78 is 0. The third-order valence-corrected chi connectivity index (χ3v) is 3.13. The van der Waals surface area contributed by atoms with Gasteiger partial charge in [-0.05, 0) is 43.2 Å².